The second-order valence-electron chi connectivity index (χ2n) is 11.9. The zero-order chi connectivity index (χ0) is 27.6. The molecule has 0 bridgehead atoms. The summed E-state index contributed by atoms with van der Waals surface area (Å²) in [6, 6.07) is 44.2. The van der Waals surface area contributed by atoms with Crippen LogP contribution < -0.4 is 24.8 Å². The third kappa shape index (κ3) is 5.14. The van der Waals surface area contributed by atoms with Gasteiger partial charge in [-0.15, -0.1) is 82.2 Å². The molecule has 45 heavy (non-hydrogen) atoms. The van der Waals surface area contributed by atoms with E-state index < -0.39 is 0 Å². The van der Waals surface area contributed by atoms with E-state index in [1.165, 1.54) is 105 Å². The van der Waals surface area contributed by atoms with E-state index in [9.17, 15) is 0 Å². The van der Waals surface area contributed by atoms with Crippen molar-refractivity contribution >= 4 is 43.4 Å². The zero-order valence-electron chi connectivity index (χ0n) is 24.9. The fourth-order valence-electron chi connectivity index (χ4n) is 7.78. The van der Waals surface area contributed by atoms with Crippen LogP contribution in [0.4, 0.5) is 0 Å². The predicted molar refractivity (Wildman–Crippen MR) is 177 cm³/mol. The number of nitrogens with zero attached hydrogens (tertiary/aromatic N) is 2. The molecule has 0 spiro atoms. The van der Waals surface area contributed by atoms with Gasteiger partial charge in [0.2, 0.25) is 0 Å². The molecule has 2 heterocycles. The third-order valence-electron chi connectivity index (χ3n) is 9.58. The molecule has 10 rings (SSSR count). The van der Waals surface area contributed by atoms with Gasteiger partial charge in [0.15, 0.2) is 0 Å². The molecule has 2 aromatic heterocycles. The van der Waals surface area contributed by atoms with E-state index >= 15 is 0 Å². The molecule has 0 amide bonds. The second-order valence-corrected chi connectivity index (χ2v) is 11.9. The largest absolute Gasteiger partial charge is 4.00 e. The van der Waals surface area contributed by atoms with E-state index in [-0.39, 0.29) is 51.0 Å². The number of benzene rings is 4. The van der Waals surface area contributed by atoms with Crippen molar-refractivity contribution in [2.45, 2.75) is 38.5 Å². The first-order valence-electron chi connectivity index (χ1n) is 15.4. The Morgan fingerprint density at radius 1 is 0.467 bits per heavy atom. The Kier molecular flexibility index (Phi) is 8.99. The van der Waals surface area contributed by atoms with E-state index in [1.807, 2.05) is 0 Å². The minimum atomic E-state index is 0. The van der Waals surface area contributed by atoms with Gasteiger partial charge in [-0.3, -0.25) is 0 Å². The Hall–Kier alpha value is -3.36. The minimum Gasteiger partial charge on any atom is -1.00 e. The molecular weight excluding hydrogens is 671 g/mol. The van der Waals surface area contributed by atoms with E-state index in [0.29, 0.717) is 0 Å². The number of rotatable bonds is 2. The summed E-state index contributed by atoms with van der Waals surface area (Å²) in [6.07, 6.45) is 7.43. The molecule has 5 heteroatoms. The van der Waals surface area contributed by atoms with Crippen molar-refractivity contribution in [1.82, 2.24) is 9.13 Å². The van der Waals surface area contributed by atoms with Crippen LogP contribution in [0.5, 0.6) is 0 Å². The molecule has 0 aliphatic heterocycles. The first kappa shape index (κ1) is 31.6. The predicted octanol–water partition coefficient (Wildman–Crippen LogP) is 3.99. The van der Waals surface area contributed by atoms with Crippen LogP contribution >= 0.6 is 0 Å². The Morgan fingerprint density at radius 3 is 1.31 bits per heavy atom. The van der Waals surface area contributed by atoms with Crippen molar-refractivity contribution in [1.29, 1.82) is 0 Å². The van der Waals surface area contributed by atoms with Gasteiger partial charge in [0.1, 0.15) is 0 Å². The molecule has 0 unspecified atom stereocenters. The molecule has 2 aliphatic rings. The summed E-state index contributed by atoms with van der Waals surface area (Å²) < 4.78 is 4.97. The number of hydrogen-bond donors (Lipinski definition) is 0. The number of fused-ring (bicyclic) bond motifs is 8. The topological polar surface area (TPSA) is 9.86 Å². The molecule has 0 radical (unpaired) electrons. The molecule has 6 aromatic carbocycles. The molecular formula is C40H32Cl2N2Zr. The summed E-state index contributed by atoms with van der Waals surface area (Å²) in [4.78, 5) is 0. The molecule has 2 nitrogen and oxygen atoms in total. The number of hydrogen-bond acceptors (Lipinski definition) is 0. The molecule has 8 aromatic rings. The van der Waals surface area contributed by atoms with Crippen LogP contribution in [-0.4, -0.2) is 9.13 Å². The monoisotopic (exact) mass is 700 g/mol. The van der Waals surface area contributed by atoms with Gasteiger partial charge < -0.3 is 33.9 Å². The maximum atomic E-state index is 2.48. The van der Waals surface area contributed by atoms with Gasteiger partial charge in [-0.25, -0.2) is 0 Å². The molecule has 0 saturated heterocycles. The van der Waals surface area contributed by atoms with Crippen molar-refractivity contribution in [3.63, 3.8) is 0 Å². The number of halogens is 2. The SMILES string of the molecule is [Cl-].[Cl-].[Zr+4].c1ccc2[cH-]c(-n3c4c(c5ccccc53)CCC4)cc2c1.c1ccc2[cH-]c(-n3c4c(c5ccccc53)CCC4)cc2c1. The van der Waals surface area contributed by atoms with Gasteiger partial charge in [0.25, 0.3) is 0 Å². The van der Waals surface area contributed by atoms with Gasteiger partial charge in [-0.1, -0.05) is 48.5 Å². The van der Waals surface area contributed by atoms with Gasteiger partial charge in [-0.2, -0.15) is 0 Å². The normalized spacial score (nSPS) is 13.2. The fraction of sp³-hybridized carbons (Fsp3) is 0.150. The number of para-hydroxylation sites is 2. The van der Waals surface area contributed by atoms with Crippen LogP contribution in [0.3, 0.4) is 0 Å². The summed E-state index contributed by atoms with van der Waals surface area (Å²) in [6.45, 7) is 0. The smallest absolute Gasteiger partial charge is 1.00 e. The standard InChI is InChI=1S/2C20H16N.2ClH.Zr/c2*1-2-7-15-13-16(12-14(15)6-1)21-19-10-4-3-8-17(19)18-9-5-11-20(18)21;;;/h2*1-4,6-8,10,12-13H,5,9,11H2;2*1H;/q2*-1;;;+4/p-2. The Labute approximate surface area is 295 Å². The number of aromatic nitrogens is 2. The van der Waals surface area contributed by atoms with Crippen LogP contribution in [-0.2, 0) is 51.9 Å². The Balaban J connectivity index is 0.000000149. The van der Waals surface area contributed by atoms with Crippen molar-refractivity contribution in [3.05, 3.63) is 144 Å². The zero-order valence-corrected chi connectivity index (χ0v) is 28.9. The third-order valence-corrected chi connectivity index (χ3v) is 9.58. The first-order chi connectivity index (χ1) is 20.8. The molecule has 0 saturated carbocycles. The summed E-state index contributed by atoms with van der Waals surface area (Å²) in [5, 5.41) is 8.20. The van der Waals surface area contributed by atoms with Crippen LogP contribution in [0.25, 0.3) is 54.7 Å². The molecule has 220 valence electrons. The van der Waals surface area contributed by atoms with Crippen molar-refractivity contribution in [2.75, 3.05) is 0 Å². The average molecular weight is 703 g/mol. The maximum absolute atomic E-state index is 2.48. The quantitative estimate of drug-likeness (QED) is 0.242. The molecule has 2 aliphatic carbocycles. The maximum Gasteiger partial charge on any atom is 4.00 e. The van der Waals surface area contributed by atoms with Gasteiger partial charge >= 0.3 is 26.2 Å². The van der Waals surface area contributed by atoms with E-state index in [1.54, 1.807) is 11.1 Å². The fourth-order valence-corrected chi connectivity index (χ4v) is 7.78. The van der Waals surface area contributed by atoms with E-state index in [2.05, 4.69) is 130 Å². The molecule has 0 atom stereocenters. The summed E-state index contributed by atoms with van der Waals surface area (Å²) in [5.74, 6) is 0. The van der Waals surface area contributed by atoms with Crippen LogP contribution in [0.1, 0.15) is 35.4 Å². The first-order valence-corrected chi connectivity index (χ1v) is 15.4. The second kappa shape index (κ2) is 12.8. The summed E-state index contributed by atoms with van der Waals surface area (Å²) in [7, 11) is 0. The van der Waals surface area contributed by atoms with Crippen molar-refractivity contribution in [2.24, 2.45) is 0 Å². The van der Waals surface area contributed by atoms with Crippen LogP contribution in [0.15, 0.2) is 121 Å². The molecule has 0 fully saturated rings. The Morgan fingerprint density at radius 2 is 0.867 bits per heavy atom. The van der Waals surface area contributed by atoms with Crippen LogP contribution in [0, 0.1) is 0 Å². The van der Waals surface area contributed by atoms with E-state index in [4.69, 9.17) is 0 Å². The van der Waals surface area contributed by atoms with Gasteiger partial charge in [0.05, 0.1) is 11.0 Å². The Bertz CT molecular complexity index is 2050. The average Bonchev–Trinajstić information content (AvgIpc) is 3.86. The van der Waals surface area contributed by atoms with E-state index in [0.717, 1.165) is 0 Å². The minimum absolute atomic E-state index is 0. The molecule has 0 N–H and O–H groups in total. The summed E-state index contributed by atoms with van der Waals surface area (Å²) in [5.41, 5.74) is 11.5. The summed E-state index contributed by atoms with van der Waals surface area (Å²) >= 11 is 0. The van der Waals surface area contributed by atoms with Crippen molar-refractivity contribution in [3.8, 4) is 11.4 Å². The van der Waals surface area contributed by atoms with Gasteiger partial charge in [-0.05, 0) is 73.2 Å². The number of aryl methyl sites for hydroxylation is 2. The van der Waals surface area contributed by atoms with Gasteiger partial charge in [0, 0.05) is 22.2 Å². The van der Waals surface area contributed by atoms with Crippen LogP contribution in [0.2, 0.25) is 0 Å². The van der Waals surface area contributed by atoms with Crippen molar-refractivity contribution < 1.29 is 51.0 Å².